The average molecular weight is 269 g/mol. The minimum Gasteiger partial charge on any atom is -0.330 e. The van der Waals surface area contributed by atoms with Gasteiger partial charge in [0, 0.05) is 17.7 Å². The quantitative estimate of drug-likeness (QED) is 0.924. The standard InChI is InChI=1S/C17H23N3/c1-11-9-13(3)16(14(4)10-11)15-6-8-19-17(20-15)12(2)5-7-18/h6,8-10,12H,5,7,18H2,1-4H3. The van der Waals surface area contributed by atoms with Gasteiger partial charge < -0.3 is 5.73 Å². The Morgan fingerprint density at radius 3 is 2.40 bits per heavy atom. The van der Waals surface area contributed by atoms with Gasteiger partial charge >= 0.3 is 0 Å². The molecule has 3 heteroatoms. The molecule has 0 saturated carbocycles. The highest BCUT2D eigenvalue weighted by Gasteiger charge is 2.12. The highest BCUT2D eigenvalue weighted by Crippen LogP contribution is 2.27. The number of hydrogen-bond donors (Lipinski definition) is 1. The van der Waals surface area contributed by atoms with Crippen LogP contribution in [0.3, 0.4) is 0 Å². The Labute approximate surface area is 121 Å². The summed E-state index contributed by atoms with van der Waals surface area (Å²) in [6.45, 7) is 9.19. The second kappa shape index (κ2) is 6.14. The fourth-order valence-corrected chi connectivity index (χ4v) is 2.71. The molecule has 0 radical (unpaired) electrons. The zero-order chi connectivity index (χ0) is 14.7. The van der Waals surface area contributed by atoms with Gasteiger partial charge in [0.1, 0.15) is 5.82 Å². The van der Waals surface area contributed by atoms with Crippen LogP contribution < -0.4 is 5.73 Å². The maximum atomic E-state index is 5.63. The summed E-state index contributed by atoms with van der Waals surface area (Å²) in [6.07, 6.45) is 2.76. The Morgan fingerprint density at radius 2 is 1.80 bits per heavy atom. The molecule has 1 heterocycles. The van der Waals surface area contributed by atoms with Crippen molar-refractivity contribution in [2.75, 3.05) is 6.54 Å². The van der Waals surface area contributed by atoms with Gasteiger partial charge in [0.25, 0.3) is 0 Å². The van der Waals surface area contributed by atoms with Gasteiger partial charge in [-0.05, 0) is 50.9 Å². The summed E-state index contributed by atoms with van der Waals surface area (Å²) in [4.78, 5) is 9.14. The topological polar surface area (TPSA) is 51.8 Å². The molecule has 0 aliphatic heterocycles. The number of aromatic nitrogens is 2. The van der Waals surface area contributed by atoms with Crippen LogP contribution in [-0.2, 0) is 0 Å². The van der Waals surface area contributed by atoms with Crippen molar-refractivity contribution in [2.24, 2.45) is 5.73 Å². The molecule has 20 heavy (non-hydrogen) atoms. The summed E-state index contributed by atoms with van der Waals surface area (Å²) in [7, 11) is 0. The van der Waals surface area contributed by atoms with E-state index in [-0.39, 0.29) is 0 Å². The van der Waals surface area contributed by atoms with Gasteiger partial charge in [-0.25, -0.2) is 9.97 Å². The van der Waals surface area contributed by atoms with Crippen molar-refractivity contribution in [3.63, 3.8) is 0 Å². The van der Waals surface area contributed by atoms with Crippen molar-refractivity contribution in [3.05, 3.63) is 46.9 Å². The summed E-state index contributed by atoms with van der Waals surface area (Å²) in [5.41, 5.74) is 11.7. The van der Waals surface area contributed by atoms with Crippen LogP contribution in [0, 0.1) is 20.8 Å². The molecule has 106 valence electrons. The Morgan fingerprint density at radius 1 is 1.15 bits per heavy atom. The monoisotopic (exact) mass is 269 g/mol. The van der Waals surface area contributed by atoms with Gasteiger partial charge in [-0.1, -0.05) is 24.6 Å². The van der Waals surface area contributed by atoms with Crippen molar-refractivity contribution in [3.8, 4) is 11.3 Å². The van der Waals surface area contributed by atoms with Gasteiger partial charge in [0.2, 0.25) is 0 Å². The largest absolute Gasteiger partial charge is 0.330 e. The first-order valence-electron chi connectivity index (χ1n) is 7.14. The van der Waals surface area contributed by atoms with Crippen molar-refractivity contribution in [1.29, 1.82) is 0 Å². The van der Waals surface area contributed by atoms with Crippen molar-refractivity contribution in [1.82, 2.24) is 9.97 Å². The van der Waals surface area contributed by atoms with Crippen LogP contribution in [-0.4, -0.2) is 16.5 Å². The predicted molar refractivity (Wildman–Crippen MR) is 83.8 cm³/mol. The molecule has 0 spiro atoms. The fourth-order valence-electron chi connectivity index (χ4n) is 2.71. The van der Waals surface area contributed by atoms with Crippen LogP contribution in [0.2, 0.25) is 0 Å². The number of hydrogen-bond acceptors (Lipinski definition) is 3. The lowest BCUT2D eigenvalue weighted by molar-refractivity contribution is 0.647. The van der Waals surface area contributed by atoms with Crippen LogP contribution in [0.4, 0.5) is 0 Å². The molecule has 0 aliphatic carbocycles. The summed E-state index contributed by atoms with van der Waals surface area (Å²) in [5.74, 6) is 1.18. The maximum absolute atomic E-state index is 5.63. The number of nitrogens with zero attached hydrogens (tertiary/aromatic N) is 2. The van der Waals surface area contributed by atoms with E-state index in [9.17, 15) is 0 Å². The van der Waals surface area contributed by atoms with E-state index in [0.717, 1.165) is 17.9 Å². The lowest BCUT2D eigenvalue weighted by Gasteiger charge is -2.13. The highest BCUT2D eigenvalue weighted by molar-refractivity contribution is 5.67. The molecule has 2 rings (SSSR count). The molecule has 3 nitrogen and oxygen atoms in total. The van der Waals surface area contributed by atoms with E-state index in [1.807, 2.05) is 12.3 Å². The fraction of sp³-hybridized carbons (Fsp3) is 0.412. The van der Waals surface area contributed by atoms with E-state index in [1.165, 1.54) is 22.3 Å². The van der Waals surface area contributed by atoms with Crippen molar-refractivity contribution < 1.29 is 0 Å². The SMILES string of the molecule is Cc1cc(C)c(-c2ccnc(C(C)CCN)n2)c(C)c1. The molecule has 1 aromatic heterocycles. The molecular formula is C17H23N3. The van der Waals surface area contributed by atoms with Crippen LogP contribution in [0.15, 0.2) is 24.4 Å². The van der Waals surface area contributed by atoms with Crippen LogP contribution in [0.25, 0.3) is 11.3 Å². The Balaban J connectivity index is 2.46. The molecule has 1 atom stereocenters. The molecule has 1 unspecified atom stereocenters. The molecule has 2 N–H and O–H groups in total. The molecule has 0 aliphatic rings. The highest BCUT2D eigenvalue weighted by atomic mass is 14.9. The van der Waals surface area contributed by atoms with Crippen LogP contribution in [0.1, 0.15) is 41.8 Å². The van der Waals surface area contributed by atoms with E-state index < -0.39 is 0 Å². The predicted octanol–water partition coefficient (Wildman–Crippen LogP) is 3.52. The number of benzene rings is 1. The molecular weight excluding hydrogens is 246 g/mol. The molecule has 0 bridgehead atoms. The summed E-state index contributed by atoms with van der Waals surface area (Å²) < 4.78 is 0. The first-order chi connectivity index (χ1) is 9.52. The van der Waals surface area contributed by atoms with E-state index in [0.29, 0.717) is 12.5 Å². The van der Waals surface area contributed by atoms with E-state index >= 15 is 0 Å². The van der Waals surface area contributed by atoms with Gasteiger partial charge in [-0.15, -0.1) is 0 Å². The van der Waals surface area contributed by atoms with Crippen molar-refractivity contribution in [2.45, 2.75) is 40.0 Å². The smallest absolute Gasteiger partial charge is 0.131 e. The molecule has 1 aromatic carbocycles. The van der Waals surface area contributed by atoms with E-state index in [1.54, 1.807) is 0 Å². The van der Waals surface area contributed by atoms with Crippen molar-refractivity contribution >= 4 is 0 Å². The average Bonchev–Trinajstić information content (AvgIpc) is 2.38. The van der Waals surface area contributed by atoms with Crippen LogP contribution >= 0.6 is 0 Å². The summed E-state index contributed by atoms with van der Waals surface area (Å²) in [6, 6.07) is 6.39. The second-order valence-corrected chi connectivity index (χ2v) is 5.55. The van der Waals surface area contributed by atoms with Gasteiger partial charge in [0.15, 0.2) is 0 Å². The Hall–Kier alpha value is -1.74. The molecule has 2 aromatic rings. The third kappa shape index (κ3) is 3.05. The molecule has 0 amide bonds. The third-order valence-corrected chi connectivity index (χ3v) is 3.65. The van der Waals surface area contributed by atoms with Gasteiger partial charge in [-0.2, -0.15) is 0 Å². The normalized spacial score (nSPS) is 12.4. The minimum absolute atomic E-state index is 0.297. The third-order valence-electron chi connectivity index (χ3n) is 3.65. The second-order valence-electron chi connectivity index (χ2n) is 5.55. The molecule has 0 saturated heterocycles. The lowest BCUT2D eigenvalue weighted by atomic mass is 9.97. The van der Waals surface area contributed by atoms with Gasteiger partial charge in [0.05, 0.1) is 5.69 Å². The first-order valence-corrected chi connectivity index (χ1v) is 7.14. The van der Waals surface area contributed by atoms with Gasteiger partial charge in [-0.3, -0.25) is 0 Å². The molecule has 0 fully saturated rings. The van der Waals surface area contributed by atoms with E-state index in [2.05, 4.69) is 44.8 Å². The lowest BCUT2D eigenvalue weighted by Crippen LogP contribution is -2.08. The maximum Gasteiger partial charge on any atom is 0.131 e. The number of aryl methyl sites for hydroxylation is 3. The minimum atomic E-state index is 0.297. The first kappa shape index (κ1) is 14.7. The summed E-state index contributed by atoms with van der Waals surface area (Å²) in [5, 5.41) is 0. The zero-order valence-electron chi connectivity index (χ0n) is 12.8. The summed E-state index contributed by atoms with van der Waals surface area (Å²) >= 11 is 0. The number of nitrogens with two attached hydrogens (primary N) is 1. The Kier molecular flexibility index (Phi) is 4.50. The Bertz CT molecular complexity index is 582. The van der Waals surface area contributed by atoms with E-state index in [4.69, 9.17) is 10.7 Å². The van der Waals surface area contributed by atoms with Crippen LogP contribution in [0.5, 0.6) is 0 Å². The number of rotatable bonds is 4. The zero-order valence-corrected chi connectivity index (χ0v) is 12.8.